The molecule has 1 amide bonds. The van der Waals surface area contributed by atoms with Crippen LogP contribution in [0.15, 0.2) is 22.7 Å². The quantitative estimate of drug-likeness (QED) is 0.842. The highest BCUT2D eigenvalue weighted by atomic mass is 79.9. The van der Waals surface area contributed by atoms with Crippen molar-refractivity contribution in [1.82, 2.24) is 0 Å². The second kappa shape index (κ2) is 5.39. The van der Waals surface area contributed by atoms with Gasteiger partial charge in [-0.3, -0.25) is 4.79 Å². The van der Waals surface area contributed by atoms with Crippen molar-refractivity contribution in [1.29, 1.82) is 0 Å². The van der Waals surface area contributed by atoms with Gasteiger partial charge in [0.15, 0.2) is 0 Å². The largest absolute Gasteiger partial charge is 0.397 e. The Morgan fingerprint density at radius 1 is 1.41 bits per heavy atom. The second-order valence-electron chi connectivity index (χ2n) is 3.39. The van der Waals surface area contributed by atoms with E-state index >= 15 is 0 Å². The van der Waals surface area contributed by atoms with Crippen molar-refractivity contribution in [2.24, 2.45) is 0 Å². The van der Waals surface area contributed by atoms with E-state index in [0.717, 1.165) is 4.47 Å². The molecule has 0 aliphatic carbocycles. The number of carbonyl (C=O) groups is 1. The highest BCUT2D eigenvalue weighted by molar-refractivity contribution is 9.10. The van der Waals surface area contributed by atoms with E-state index in [2.05, 4.69) is 21.2 Å². The maximum Gasteiger partial charge on any atom is 0.389 e. The van der Waals surface area contributed by atoms with Crippen LogP contribution in [0.4, 0.5) is 24.5 Å². The lowest BCUT2D eigenvalue weighted by atomic mass is 10.2. The molecule has 17 heavy (non-hydrogen) atoms. The third-order valence-corrected chi connectivity index (χ3v) is 2.42. The lowest BCUT2D eigenvalue weighted by molar-refractivity contribution is -0.142. The molecular weight excluding hydrogens is 301 g/mol. The molecule has 7 heteroatoms. The molecule has 1 aromatic carbocycles. The van der Waals surface area contributed by atoms with Crippen molar-refractivity contribution in [2.45, 2.75) is 19.0 Å². The smallest absolute Gasteiger partial charge is 0.389 e. The molecule has 3 N–H and O–H groups in total. The van der Waals surface area contributed by atoms with Gasteiger partial charge in [-0.05, 0) is 18.2 Å². The molecule has 94 valence electrons. The number of benzene rings is 1. The molecule has 1 aromatic rings. The first-order valence-corrected chi connectivity index (χ1v) is 5.49. The van der Waals surface area contributed by atoms with Crippen LogP contribution in [0, 0.1) is 0 Å². The first kappa shape index (κ1) is 13.8. The predicted octanol–water partition coefficient (Wildman–Crippen LogP) is 3.31. The second-order valence-corrected chi connectivity index (χ2v) is 4.31. The SMILES string of the molecule is Nc1cc(Br)ccc1NC(=O)CCC(F)(F)F. The summed E-state index contributed by atoms with van der Waals surface area (Å²) in [7, 11) is 0. The van der Waals surface area contributed by atoms with E-state index in [-0.39, 0.29) is 0 Å². The fraction of sp³-hybridized carbons (Fsp3) is 0.300. The standard InChI is InChI=1S/C10H10BrF3N2O/c11-6-1-2-8(7(15)5-6)16-9(17)3-4-10(12,13)14/h1-2,5H,3-4,15H2,(H,16,17). The van der Waals surface area contributed by atoms with Gasteiger partial charge >= 0.3 is 6.18 Å². The molecule has 0 radical (unpaired) electrons. The van der Waals surface area contributed by atoms with Gasteiger partial charge in [0.2, 0.25) is 5.91 Å². The van der Waals surface area contributed by atoms with E-state index in [1.54, 1.807) is 12.1 Å². The lowest BCUT2D eigenvalue weighted by Crippen LogP contribution is -2.17. The van der Waals surface area contributed by atoms with Gasteiger partial charge in [-0.1, -0.05) is 15.9 Å². The summed E-state index contributed by atoms with van der Waals surface area (Å²) in [6, 6.07) is 4.71. The van der Waals surface area contributed by atoms with Crippen LogP contribution in [0.3, 0.4) is 0 Å². The van der Waals surface area contributed by atoms with E-state index < -0.39 is 24.9 Å². The summed E-state index contributed by atoms with van der Waals surface area (Å²) >= 11 is 3.18. The van der Waals surface area contributed by atoms with Crippen LogP contribution in [0.2, 0.25) is 0 Å². The van der Waals surface area contributed by atoms with Crippen molar-refractivity contribution in [3.63, 3.8) is 0 Å². The molecule has 0 aromatic heterocycles. The average Bonchev–Trinajstić information content (AvgIpc) is 2.18. The van der Waals surface area contributed by atoms with Gasteiger partial charge < -0.3 is 11.1 Å². The molecule has 0 aliphatic rings. The Hall–Kier alpha value is -1.24. The minimum atomic E-state index is -4.33. The number of nitrogens with one attached hydrogen (secondary N) is 1. The summed E-state index contributed by atoms with van der Waals surface area (Å²) in [6.45, 7) is 0. The van der Waals surface area contributed by atoms with Crippen LogP contribution in [-0.2, 0) is 4.79 Å². The summed E-state index contributed by atoms with van der Waals surface area (Å²) < 4.78 is 36.4. The summed E-state index contributed by atoms with van der Waals surface area (Å²) in [4.78, 5) is 11.2. The Labute approximate surface area is 104 Å². The van der Waals surface area contributed by atoms with E-state index in [4.69, 9.17) is 5.73 Å². The molecule has 0 unspecified atom stereocenters. The molecular formula is C10H10BrF3N2O. The normalized spacial score (nSPS) is 11.3. The molecule has 0 heterocycles. The molecule has 1 rings (SSSR count). The number of nitrogen functional groups attached to an aromatic ring is 1. The predicted molar refractivity (Wildman–Crippen MR) is 62.5 cm³/mol. The number of alkyl halides is 3. The maximum absolute atomic E-state index is 11.9. The Morgan fingerprint density at radius 3 is 2.59 bits per heavy atom. The van der Waals surface area contributed by atoms with Gasteiger partial charge in [0.25, 0.3) is 0 Å². The monoisotopic (exact) mass is 310 g/mol. The number of halogens is 4. The third-order valence-electron chi connectivity index (χ3n) is 1.92. The van der Waals surface area contributed by atoms with Crippen LogP contribution in [-0.4, -0.2) is 12.1 Å². The summed E-state index contributed by atoms with van der Waals surface area (Å²) in [5, 5.41) is 2.33. The zero-order valence-corrected chi connectivity index (χ0v) is 10.2. The van der Waals surface area contributed by atoms with Crippen molar-refractivity contribution < 1.29 is 18.0 Å². The zero-order valence-electron chi connectivity index (χ0n) is 8.64. The summed E-state index contributed by atoms with van der Waals surface area (Å²) in [5.74, 6) is -0.712. The third kappa shape index (κ3) is 5.08. The van der Waals surface area contributed by atoms with Crippen molar-refractivity contribution in [3.05, 3.63) is 22.7 Å². The number of nitrogens with two attached hydrogens (primary N) is 1. The number of hydrogen-bond acceptors (Lipinski definition) is 2. The van der Waals surface area contributed by atoms with Crippen molar-refractivity contribution in [2.75, 3.05) is 11.1 Å². The molecule has 0 aliphatic heterocycles. The van der Waals surface area contributed by atoms with Crippen LogP contribution < -0.4 is 11.1 Å². The maximum atomic E-state index is 11.9. The highest BCUT2D eigenvalue weighted by Crippen LogP contribution is 2.25. The van der Waals surface area contributed by atoms with E-state index in [1.807, 2.05) is 0 Å². The fourth-order valence-electron chi connectivity index (χ4n) is 1.12. The first-order chi connectivity index (χ1) is 7.78. The van der Waals surface area contributed by atoms with E-state index in [9.17, 15) is 18.0 Å². The number of anilines is 2. The van der Waals surface area contributed by atoms with Gasteiger partial charge in [0.1, 0.15) is 0 Å². The molecule has 3 nitrogen and oxygen atoms in total. The topological polar surface area (TPSA) is 55.1 Å². The minimum Gasteiger partial charge on any atom is -0.397 e. The minimum absolute atomic E-state index is 0.291. The molecule has 0 spiro atoms. The summed E-state index contributed by atoms with van der Waals surface area (Å²) in [5.41, 5.74) is 6.18. The first-order valence-electron chi connectivity index (χ1n) is 4.69. The Morgan fingerprint density at radius 2 is 2.06 bits per heavy atom. The van der Waals surface area contributed by atoms with Gasteiger partial charge in [-0.15, -0.1) is 0 Å². The Kier molecular flexibility index (Phi) is 4.39. The van der Waals surface area contributed by atoms with Gasteiger partial charge in [-0.2, -0.15) is 13.2 Å². The zero-order chi connectivity index (χ0) is 13.1. The molecule has 0 saturated carbocycles. The van der Waals surface area contributed by atoms with Crippen LogP contribution >= 0.6 is 15.9 Å². The van der Waals surface area contributed by atoms with E-state index in [0.29, 0.717) is 11.4 Å². The van der Waals surface area contributed by atoms with E-state index in [1.165, 1.54) is 6.07 Å². The van der Waals surface area contributed by atoms with Gasteiger partial charge in [0.05, 0.1) is 17.8 Å². The van der Waals surface area contributed by atoms with Gasteiger partial charge in [-0.25, -0.2) is 0 Å². The van der Waals surface area contributed by atoms with Gasteiger partial charge in [0, 0.05) is 10.9 Å². The highest BCUT2D eigenvalue weighted by Gasteiger charge is 2.27. The van der Waals surface area contributed by atoms with Crippen molar-refractivity contribution in [3.8, 4) is 0 Å². The fourth-order valence-corrected chi connectivity index (χ4v) is 1.49. The number of amides is 1. The average molecular weight is 311 g/mol. The lowest BCUT2D eigenvalue weighted by Gasteiger charge is -2.09. The molecule has 0 bridgehead atoms. The van der Waals surface area contributed by atoms with Crippen LogP contribution in [0.1, 0.15) is 12.8 Å². The Balaban J connectivity index is 2.57. The summed E-state index contributed by atoms with van der Waals surface area (Å²) in [6.07, 6.45) is -6.09. The number of rotatable bonds is 3. The molecule has 0 saturated heterocycles. The molecule has 0 atom stereocenters. The number of carbonyl (C=O) groups excluding carboxylic acids is 1. The Bertz CT molecular complexity index is 421. The van der Waals surface area contributed by atoms with Crippen LogP contribution in [0.5, 0.6) is 0 Å². The molecule has 0 fully saturated rings. The van der Waals surface area contributed by atoms with Crippen molar-refractivity contribution >= 4 is 33.2 Å². The van der Waals surface area contributed by atoms with Crippen LogP contribution in [0.25, 0.3) is 0 Å². The number of hydrogen-bond donors (Lipinski definition) is 2.